The Hall–Kier alpha value is -2.51. The number of pyridine rings is 1. The molecule has 140 valence electrons. The molecule has 0 aliphatic heterocycles. The first-order valence-corrected chi connectivity index (χ1v) is 10.6. The molecule has 0 saturated heterocycles. The summed E-state index contributed by atoms with van der Waals surface area (Å²) in [7, 11) is -1.77. The van der Waals surface area contributed by atoms with E-state index >= 15 is 0 Å². The van der Waals surface area contributed by atoms with Gasteiger partial charge in [0.2, 0.25) is 10.0 Å². The van der Waals surface area contributed by atoms with Crippen LogP contribution in [0.25, 0.3) is 11.4 Å². The van der Waals surface area contributed by atoms with E-state index in [0.717, 1.165) is 41.9 Å². The van der Waals surface area contributed by atoms with Gasteiger partial charge in [-0.05, 0) is 67.1 Å². The SMILES string of the molecule is Cn1nc(-c2ccccn2)cc1CNS(=O)(=O)c1ccc2c(c1)CCCC2. The minimum absolute atomic E-state index is 0.176. The van der Waals surface area contributed by atoms with Crippen molar-refractivity contribution in [1.29, 1.82) is 0 Å². The fourth-order valence-corrected chi connectivity index (χ4v) is 4.49. The van der Waals surface area contributed by atoms with E-state index in [9.17, 15) is 8.42 Å². The molecule has 6 nitrogen and oxygen atoms in total. The van der Waals surface area contributed by atoms with E-state index in [-0.39, 0.29) is 6.54 Å². The highest BCUT2D eigenvalue weighted by Gasteiger charge is 2.18. The fraction of sp³-hybridized carbons (Fsp3) is 0.300. The molecule has 1 aliphatic carbocycles. The Bertz CT molecular complexity index is 1060. The van der Waals surface area contributed by atoms with Gasteiger partial charge in [-0.15, -0.1) is 0 Å². The van der Waals surface area contributed by atoms with Gasteiger partial charge >= 0.3 is 0 Å². The van der Waals surface area contributed by atoms with Crippen LogP contribution < -0.4 is 4.72 Å². The molecule has 1 aliphatic rings. The maximum atomic E-state index is 12.7. The Morgan fingerprint density at radius 1 is 1.04 bits per heavy atom. The molecule has 2 heterocycles. The number of hydrogen-bond acceptors (Lipinski definition) is 4. The molecular formula is C20H22N4O2S. The first-order valence-electron chi connectivity index (χ1n) is 9.09. The van der Waals surface area contributed by atoms with Gasteiger partial charge in [0.1, 0.15) is 5.69 Å². The van der Waals surface area contributed by atoms with Crippen molar-refractivity contribution < 1.29 is 8.42 Å². The van der Waals surface area contributed by atoms with Crippen LogP contribution in [0.4, 0.5) is 0 Å². The van der Waals surface area contributed by atoms with Gasteiger partial charge in [0.25, 0.3) is 0 Å². The highest BCUT2D eigenvalue weighted by molar-refractivity contribution is 7.89. The lowest BCUT2D eigenvalue weighted by Crippen LogP contribution is -2.24. The first kappa shape index (κ1) is 17.9. The van der Waals surface area contributed by atoms with Crippen LogP contribution >= 0.6 is 0 Å². The predicted molar refractivity (Wildman–Crippen MR) is 104 cm³/mol. The van der Waals surface area contributed by atoms with Gasteiger partial charge in [-0.2, -0.15) is 5.10 Å². The quantitative estimate of drug-likeness (QED) is 0.736. The number of sulfonamides is 1. The molecule has 27 heavy (non-hydrogen) atoms. The van der Waals surface area contributed by atoms with Crippen molar-refractivity contribution in [1.82, 2.24) is 19.5 Å². The van der Waals surface area contributed by atoms with Crippen LogP contribution in [0.1, 0.15) is 29.7 Å². The van der Waals surface area contributed by atoms with Crippen LogP contribution in [0.5, 0.6) is 0 Å². The van der Waals surface area contributed by atoms with Crippen LogP contribution in [-0.2, 0) is 36.5 Å². The largest absolute Gasteiger partial charge is 0.271 e. The van der Waals surface area contributed by atoms with Gasteiger partial charge in [0.05, 0.1) is 22.8 Å². The number of aromatic nitrogens is 3. The number of nitrogens with one attached hydrogen (secondary N) is 1. The molecule has 0 saturated carbocycles. The molecule has 2 aromatic heterocycles. The van der Waals surface area contributed by atoms with E-state index in [4.69, 9.17) is 0 Å². The van der Waals surface area contributed by atoms with E-state index in [1.165, 1.54) is 12.0 Å². The molecule has 0 bridgehead atoms. The van der Waals surface area contributed by atoms with Gasteiger partial charge < -0.3 is 0 Å². The van der Waals surface area contributed by atoms with Crippen molar-refractivity contribution in [2.75, 3.05) is 0 Å². The summed E-state index contributed by atoms with van der Waals surface area (Å²) in [6, 6.07) is 13.0. The van der Waals surface area contributed by atoms with E-state index in [2.05, 4.69) is 14.8 Å². The molecule has 0 spiro atoms. The molecule has 3 aromatic rings. The Labute approximate surface area is 159 Å². The number of hydrogen-bond donors (Lipinski definition) is 1. The number of rotatable bonds is 5. The smallest absolute Gasteiger partial charge is 0.240 e. The van der Waals surface area contributed by atoms with E-state index in [1.807, 2.05) is 36.4 Å². The van der Waals surface area contributed by atoms with Crippen LogP contribution in [0.15, 0.2) is 53.6 Å². The average molecular weight is 382 g/mol. The molecule has 1 N–H and O–H groups in total. The third kappa shape index (κ3) is 3.79. The lowest BCUT2D eigenvalue weighted by molar-refractivity contribution is 0.576. The van der Waals surface area contributed by atoms with Crippen molar-refractivity contribution >= 4 is 10.0 Å². The number of fused-ring (bicyclic) bond motifs is 1. The van der Waals surface area contributed by atoms with Gasteiger partial charge in [-0.25, -0.2) is 13.1 Å². The second kappa shape index (κ2) is 7.25. The first-order chi connectivity index (χ1) is 13.0. The molecule has 0 radical (unpaired) electrons. The minimum Gasteiger partial charge on any atom is -0.271 e. The lowest BCUT2D eigenvalue weighted by Gasteiger charge is -2.16. The van der Waals surface area contributed by atoms with Gasteiger partial charge in [0, 0.05) is 13.2 Å². The summed E-state index contributed by atoms with van der Waals surface area (Å²) < 4.78 is 29.8. The molecule has 0 amide bonds. The zero-order valence-corrected chi connectivity index (χ0v) is 16.0. The molecule has 0 atom stereocenters. The highest BCUT2D eigenvalue weighted by Crippen LogP contribution is 2.24. The Morgan fingerprint density at radius 3 is 2.63 bits per heavy atom. The summed E-state index contributed by atoms with van der Waals surface area (Å²) in [5.41, 5.74) is 4.68. The van der Waals surface area contributed by atoms with E-state index < -0.39 is 10.0 Å². The summed E-state index contributed by atoms with van der Waals surface area (Å²) in [6.07, 6.45) is 6.00. The number of nitrogens with zero attached hydrogens (tertiary/aromatic N) is 3. The van der Waals surface area contributed by atoms with Gasteiger partial charge in [0.15, 0.2) is 0 Å². The van der Waals surface area contributed by atoms with Crippen LogP contribution in [-0.4, -0.2) is 23.2 Å². The average Bonchev–Trinajstić information content (AvgIpc) is 3.07. The molecule has 7 heteroatoms. The maximum absolute atomic E-state index is 12.7. The van der Waals surface area contributed by atoms with Crippen molar-refractivity contribution in [2.45, 2.75) is 37.1 Å². The highest BCUT2D eigenvalue weighted by atomic mass is 32.2. The second-order valence-corrected chi connectivity index (χ2v) is 8.59. The maximum Gasteiger partial charge on any atom is 0.240 e. The summed E-state index contributed by atoms with van der Waals surface area (Å²) in [5.74, 6) is 0. The third-order valence-corrected chi connectivity index (χ3v) is 6.38. The topological polar surface area (TPSA) is 76.9 Å². The molecule has 1 aromatic carbocycles. The Balaban J connectivity index is 1.52. The van der Waals surface area contributed by atoms with Gasteiger partial charge in [-0.1, -0.05) is 12.1 Å². The molecule has 4 rings (SSSR count). The van der Waals surface area contributed by atoms with Crippen molar-refractivity contribution in [3.8, 4) is 11.4 Å². The lowest BCUT2D eigenvalue weighted by atomic mass is 9.92. The summed E-state index contributed by atoms with van der Waals surface area (Å²) in [6.45, 7) is 0.176. The zero-order valence-electron chi connectivity index (χ0n) is 15.2. The van der Waals surface area contributed by atoms with E-state index in [1.54, 1.807) is 24.0 Å². The Morgan fingerprint density at radius 2 is 1.85 bits per heavy atom. The molecule has 0 fully saturated rings. The van der Waals surface area contributed by atoms with Crippen molar-refractivity contribution in [3.05, 3.63) is 65.5 Å². The van der Waals surface area contributed by atoms with Gasteiger partial charge in [-0.3, -0.25) is 9.67 Å². The zero-order chi connectivity index (χ0) is 18.9. The molecule has 0 unspecified atom stereocenters. The number of aryl methyl sites for hydroxylation is 3. The standard InChI is InChI=1S/C20H22N4O2S/c1-24-17(13-20(23-24)19-8-4-5-11-21-19)14-22-27(25,26)18-10-9-15-6-2-3-7-16(15)12-18/h4-5,8-13,22H,2-3,6-7,14H2,1H3. The van der Waals surface area contributed by atoms with Crippen molar-refractivity contribution in [3.63, 3.8) is 0 Å². The fourth-order valence-electron chi connectivity index (χ4n) is 3.44. The van der Waals surface area contributed by atoms with Crippen LogP contribution in [0.3, 0.4) is 0 Å². The minimum atomic E-state index is -3.57. The predicted octanol–water partition coefficient (Wildman–Crippen LogP) is 2.84. The summed E-state index contributed by atoms with van der Waals surface area (Å²) in [5, 5.41) is 4.43. The normalized spacial score (nSPS) is 14.1. The number of benzene rings is 1. The van der Waals surface area contributed by atoms with E-state index in [0.29, 0.717) is 4.90 Å². The van der Waals surface area contributed by atoms with Crippen molar-refractivity contribution in [2.24, 2.45) is 7.05 Å². The molecular weight excluding hydrogens is 360 g/mol. The summed E-state index contributed by atoms with van der Waals surface area (Å²) in [4.78, 5) is 4.62. The summed E-state index contributed by atoms with van der Waals surface area (Å²) >= 11 is 0. The Kier molecular flexibility index (Phi) is 4.80. The van der Waals surface area contributed by atoms with Crippen LogP contribution in [0.2, 0.25) is 0 Å². The second-order valence-electron chi connectivity index (χ2n) is 6.82. The van der Waals surface area contributed by atoms with Crippen LogP contribution in [0, 0.1) is 0 Å². The third-order valence-electron chi connectivity index (χ3n) is 4.98. The monoisotopic (exact) mass is 382 g/mol.